The van der Waals surface area contributed by atoms with Crippen LogP contribution in [0.2, 0.25) is 15.1 Å². The van der Waals surface area contributed by atoms with Gasteiger partial charge < -0.3 is 4.74 Å². The molecule has 0 atom stereocenters. The van der Waals surface area contributed by atoms with E-state index in [1.807, 2.05) is 18.2 Å². The second-order valence-corrected chi connectivity index (χ2v) is 6.91. The fourth-order valence-corrected chi connectivity index (χ4v) is 3.04. The molecule has 1 aromatic heterocycles. The van der Waals surface area contributed by atoms with E-state index >= 15 is 0 Å². The molecule has 2 aromatic carbocycles. The molecule has 0 radical (unpaired) electrons. The Labute approximate surface area is 157 Å². The summed E-state index contributed by atoms with van der Waals surface area (Å²) in [4.78, 5) is 4.28. The van der Waals surface area contributed by atoms with Crippen LogP contribution in [-0.4, -0.2) is 16.4 Å². The molecule has 0 saturated heterocycles. The van der Waals surface area contributed by atoms with Gasteiger partial charge in [-0.25, -0.2) is 4.99 Å². The molecule has 0 aliphatic carbocycles. The van der Waals surface area contributed by atoms with Crippen LogP contribution in [0, 0.1) is 0 Å². The van der Waals surface area contributed by atoms with Crippen molar-refractivity contribution in [3.63, 3.8) is 0 Å². The molecule has 0 unspecified atom stereocenters. The summed E-state index contributed by atoms with van der Waals surface area (Å²) in [5.41, 5.74) is 0.820. The van der Waals surface area contributed by atoms with Crippen LogP contribution in [0.4, 0.5) is 5.13 Å². The van der Waals surface area contributed by atoms with E-state index in [1.165, 1.54) is 11.3 Å². The Hall–Kier alpha value is -1.66. The molecule has 0 aliphatic heterocycles. The van der Waals surface area contributed by atoms with E-state index in [4.69, 9.17) is 39.5 Å². The van der Waals surface area contributed by atoms with E-state index < -0.39 is 0 Å². The molecule has 0 saturated carbocycles. The Morgan fingerprint density at radius 2 is 1.88 bits per heavy atom. The molecular formula is C16H10Cl3N3OS. The average Bonchev–Trinajstić information content (AvgIpc) is 3.01. The van der Waals surface area contributed by atoms with Crippen molar-refractivity contribution < 1.29 is 4.74 Å². The van der Waals surface area contributed by atoms with Crippen molar-refractivity contribution in [2.45, 2.75) is 6.61 Å². The number of halogens is 3. The smallest absolute Gasteiger partial charge is 0.231 e. The summed E-state index contributed by atoms with van der Waals surface area (Å²) >= 11 is 19.3. The highest BCUT2D eigenvalue weighted by Gasteiger charge is 2.07. The van der Waals surface area contributed by atoms with E-state index in [0.717, 1.165) is 5.56 Å². The summed E-state index contributed by atoms with van der Waals surface area (Å²) in [6, 6.07) is 12.5. The number of rotatable bonds is 5. The molecule has 122 valence electrons. The first kappa shape index (κ1) is 17.2. The Bertz CT molecular complexity index is 883. The van der Waals surface area contributed by atoms with Gasteiger partial charge in [-0.2, -0.15) is 0 Å². The first-order valence-electron chi connectivity index (χ1n) is 6.80. The number of aliphatic imine (C=N–C) groups is 1. The van der Waals surface area contributed by atoms with Crippen LogP contribution in [0.3, 0.4) is 0 Å². The Balaban J connectivity index is 1.64. The van der Waals surface area contributed by atoms with Gasteiger partial charge in [-0.15, -0.1) is 10.2 Å². The van der Waals surface area contributed by atoms with Gasteiger partial charge in [0.15, 0.2) is 5.01 Å². The first-order valence-corrected chi connectivity index (χ1v) is 8.76. The molecule has 4 nitrogen and oxygen atoms in total. The Morgan fingerprint density at radius 3 is 2.67 bits per heavy atom. The second-order valence-electron chi connectivity index (χ2n) is 4.62. The Kier molecular flexibility index (Phi) is 5.68. The molecule has 24 heavy (non-hydrogen) atoms. The second kappa shape index (κ2) is 7.94. The van der Waals surface area contributed by atoms with Crippen molar-refractivity contribution >= 4 is 57.5 Å². The molecule has 0 fully saturated rings. The molecule has 0 spiro atoms. The lowest BCUT2D eigenvalue weighted by Gasteiger charge is -2.05. The monoisotopic (exact) mass is 397 g/mol. The normalized spacial score (nSPS) is 11.1. The van der Waals surface area contributed by atoms with Crippen molar-refractivity contribution in [1.82, 2.24) is 10.2 Å². The van der Waals surface area contributed by atoms with Crippen LogP contribution in [0.1, 0.15) is 10.6 Å². The van der Waals surface area contributed by atoms with Crippen molar-refractivity contribution in [3.05, 3.63) is 68.1 Å². The highest BCUT2D eigenvalue weighted by molar-refractivity contribution is 7.14. The van der Waals surface area contributed by atoms with Crippen LogP contribution in [-0.2, 0) is 6.61 Å². The van der Waals surface area contributed by atoms with Crippen LogP contribution < -0.4 is 4.74 Å². The summed E-state index contributed by atoms with van der Waals surface area (Å²) in [5.74, 6) is 0.539. The minimum Gasteiger partial charge on any atom is -0.485 e. The SMILES string of the molecule is Clc1ccc(OCc2nnc(N=Cc3ccccc3Cl)s2)c(Cl)c1. The van der Waals surface area contributed by atoms with E-state index in [0.29, 0.717) is 31.0 Å². The van der Waals surface area contributed by atoms with E-state index in [1.54, 1.807) is 30.5 Å². The minimum atomic E-state index is 0.251. The number of hydrogen-bond acceptors (Lipinski definition) is 5. The van der Waals surface area contributed by atoms with Crippen molar-refractivity contribution in [2.24, 2.45) is 4.99 Å². The number of aromatic nitrogens is 2. The van der Waals surface area contributed by atoms with Crippen molar-refractivity contribution in [1.29, 1.82) is 0 Å². The number of nitrogens with zero attached hydrogens (tertiary/aromatic N) is 3. The fraction of sp³-hybridized carbons (Fsp3) is 0.0625. The predicted octanol–water partition coefficient (Wildman–Crippen LogP) is 5.83. The van der Waals surface area contributed by atoms with E-state index in [-0.39, 0.29) is 6.61 Å². The maximum absolute atomic E-state index is 6.07. The summed E-state index contributed by atoms with van der Waals surface area (Å²) < 4.78 is 5.62. The van der Waals surface area contributed by atoms with Gasteiger partial charge in [0.05, 0.1) is 5.02 Å². The summed E-state index contributed by atoms with van der Waals surface area (Å²) in [7, 11) is 0. The molecular weight excluding hydrogens is 389 g/mol. The average molecular weight is 399 g/mol. The van der Waals surface area contributed by atoms with E-state index in [2.05, 4.69) is 15.2 Å². The molecule has 0 bridgehead atoms. The number of ether oxygens (including phenoxy) is 1. The maximum atomic E-state index is 6.07. The standard InChI is InChI=1S/C16H10Cl3N3OS/c17-11-5-6-14(13(19)7-11)23-9-15-21-22-16(24-15)20-8-10-3-1-2-4-12(10)18/h1-8H,9H2. The van der Waals surface area contributed by atoms with Gasteiger partial charge in [0.1, 0.15) is 12.4 Å². The first-order chi connectivity index (χ1) is 11.6. The maximum Gasteiger partial charge on any atom is 0.231 e. The summed E-state index contributed by atoms with van der Waals surface area (Å²) in [6.45, 7) is 0.251. The van der Waals surface area contributed by atoms with Gasteiger partial charge in [-0.1, -0.05) is 64.3 Å². The third-order valence-electron chi connectivity index (χ3n) is 2.92. The van der Waals surface area contributed by atoms with Gasteiger partial charge >= 0.3 is 0 Å². The van der Waals surface area contributed by atoms with Crippen LogP contribution in [0.25, 0.3) is 0 Å². The van der Waals surface area contributed by atoms with Crippen LogP contribution in [0.15, 0.2) is 47.5 Å². The third-order valence-corrected chi connectivity index (χ3v) is 4.60. The molecule has 3 rings (SSSR count). The third kappa shape index (κ3) is 4.45. The largest absolute Gasteiger partial charge is 0.485 e. The molecule has 0 aliphatic rings. The quantitative estimate of drug-likeness (QED) is 0.508. The molecule has 3 aromatic rings. The predicted molar refractivity (Wildman–Crippen MR) is 99.4 cm³/mol. The highest BCUT2D eigenvalue weighted by atomic mass is 35.5. The number of benzene rings is 2. The topological polar surface area (TPSA) is 47.4 Å². The van der Waals surface area contributed by atoms with E-state index in [9.17, 15) is 0 Å². The van der Waals surface area contributed by atoms with Gasteiger partial charge in [-0.05, 0) is 24.3 Å². The molecule has 0 N–H and O–H groups in total. The lowest BCUT2D eigenvalue weighted by molar-refractivity contribution is 0.305. The zero-order valence-corrected chi connectivity index (χ0v) is 15.2. The van der Waals surface area contributed by atoms with Crippen molar-refractivity contribution in [2.75, 3.05) is 0 Å². The van der Waals surface area contributed by atoms with Gasteiger partial charge in [0, 0.05) is 21.8 Å². The van der Waals surface area contributed by atoms with Gasteiger partial charge in [0.2, 0.25) is 5.13 Å². The lowest BCUT2D eigenvalue weighted by Crippen LogP contribution is -1.95. The molecule has 0 amide bonds. The zero-order chi connectivity index (χ0) is 16.9. The molecule has 1 heterocycles. The lowest BCUT2D eigenvalue weighted by atomic mass is 10.2. The Morgan fingerprint density at radius 1 is 1.04 bits per heavy atom. The van der Waals surface area contributed by atoms with Gasteiger partial charge in [-0.3, -0.25) is 0 Å². The van der Waals surface area contributed by atoms with Crippen molar-refractivity contribution in [3.8, 4) is 5.75 Å². The van der Waals surface area contributed by atoms with Crippen LogP contribution >= 0.6 is 46.1 Å². The van der Waals surface area contributed by atoms with Gasteiger partial charge in [0.25, 0.3) is 0 Å². The summed E-state index contributed by atoms with van der Waals surface area (Å²) in [5, 5.41) is 10.9. The number of hydrogen-bond donors (Lipinski definition) is 0. The van der Waals surface area contributed by atoms with Crippen LogP contribution in [0.5, 0.6) is 5.75 Å². The highest BCUT2D eigenvalue weighted by Crippen LogP contribution is 2.29. The minimum absolute atomic E-state index is 0.251. The zero-order valence-electron chi connectivity index (χ0n) is 12.1. The summed E-state index contributed by atoms with van der Waals surface area (Å²) in [6.07, 6.45) is 1.66. The fourth-order valence-electron chi connectivity index (χ4n) is 1.79. The molecule has 8 heteroatoms.